The van der Waals surface area contributed by atoms with Crippen LogP contribution < -0.4 is 4.90 Å². The second kappa shape index (κ2) is 9.82. The fourth-order valence-electron chi connectivity index (χ4n) is 3.93. The molecular formula is C24H27F3N2O4. The summed E-state index contributed by atoms with van der Waals surface area (Å²) in [6.07, 6.45) is -3.62. The van der Waals surface area contributed by atoms with E-state index in [-0.39, 0.29) is 12.3 Å². The molecule has 9 heteroatoms. The zero-order valence-electron chi connectivity index (χ0n) is 18.6. The first kappa shape index (κ1) is 24.6. The third kappa shape index (κ3) is 6.25. The Morgan fingerprint density at radius 3 is 2.15 bits per heavy atom. The fraction of sp³-hybridized carbons (Fsp3) is 0.417. The van der Waals surface area contributed by atoms with Gasteiger partial charge in [0.25, 0.3) is 0 Å². The van der Waals surface area contributed by atoms with E-state index in [0.29, 0.717) is 43.6 Å². The molecule has 0 radical (unpaired) electrons. The van der Waals surface area contributed by atoms with Gasteiger partial charge < -0.3 is 19.6 Å². The van der Waals surface area contributed by atoms with Crippen LogP contribution in [0.3, 0.4) is 0 Å². The third-order valence-corrected chi connectivity index (χ3v) is 5.94. The van der Waals surface area contributed by atoms with Gasteiger partial charge in [-0.15, -0.1) is 0 Å². The molecule has 3 rings (SSSR count). The van der Waals surface area contributed by atoms with Gasteiger partial charge in [-0.05, 0) is 54.8 Å². The van der Waals surface area contributed by atoms with Gasteiger partial charge in [-0.25, -0.2) is 4.79 Å². The highest BCUT2D eigenvalue weighted by Crippen LogP contribution is 2.30. The molecule has 0 atom stereocenters. The first-order valence-electron chi connectivity index (χ1n) is 10.6. The number of amides is 1. The summed E-state index contributed by atoms with van der Waals surface area (Å²) in [6.45, 7) is 1.08. The Morgan fingerprint density at radius 2 is 1.64 bits per heavy atom. The number of esters is 1. The number of alkyl halides is 3. The van der Waals surface area contributed by atoms with E-state index >= 15 is 0 Å². The molecule has 0 aliphatic carbocycles. The maximum atomic E-state index is 12.7. The number of likely N-dealkylation sites (tertiary alicyclic amines) is 1. The van der Waals surface area contributed by atoms with Crippen molar-refractivity contribution in [3.05, 3.63) is 65.2 Å². The molecule has 1 aliphatic rings. The number of nitrogens with zero attached hydrogens (tertiary/aromatic N) is 2. The average Bonchev–Trinajstić information content (AvgIpc) is 2.78. The maximum Gasteiger partial charge on any atom is 0.416 e. The first-order chi connectivity index (χ1) is 15.5. The van der Waals surface area contributed by atoms with Crippen LogP contribution in [-0.2, 0) is 22.1 Å². The third-order valence-electron chi connectivity index (χ3n) is 5.94. The Kier molecular flexibility index (Phi) is 7.31. The average molecular weight is 464 g/mol. The lowest BCUT2D eigenvalue weighted by atomic mass is 9.90. The molecule has 1 saturated heterocycles. The van der Waals surface area contributed by atoms with Crippen molar-refractivity contribution in [2.45, 2.75) is 31.0 Å². The number of carbonyl (C=O) groups excluding carboxylic acids is 2. The fourth-order valence-corrected chi connectivity index (χ4v) is 3.93. The molecule has 0 unspecified atom stereocenters. The number of hydrogen-bond acceptors (Lipinski definition) is 5. The van der Waals surface area contributed by atoms with Gasteiger partial charge >= 0.3 is 12.1 Å². The van der Waals surface area contributed by atoms with Gasteiger partial charge in [-0.2, -0.15) is 13.2 Å². The number of benzene rings is 2. The lowest BCUT2D eigenvalue weighted by Crippen LogP contribution is -2.52. The molecule has 2 aromatic rings. The van der Waals surface area contributed by atoms with Crippen molar-refractivity contribution >= 4 is 17.6 Å². The molecule has 0 saturated carbocycles. The number of halogens is 3. The summed E-state index contributed by atoms with van der Waals surface area (Å²) in [5, 5.41) is 11.0. The van der Waals surface area contributed by atoms with Gasteiger partial charge in [0, 0.05) is 32.4 Å². The van der Waals surface area contributed by atoms with Crippen LogP contribution in [0.1, 0.15) is 34.3 Å². The zero-order chi connectivity index (χ0) is 24.2. The predicted octanol–water partition coefficient (Wildman–Crippen LogP) is 3.52. The van der Waals surface area contributed by atoms with Gasteiger partial charge in [0.05, 0.1) is 30.3 Å². The SMILES string of the molecule is COC(=O)c1ccc(N(C)CC2(O)CCN(C(=O)Cc3ccc(C(F)(F)F)cc3)CC2)cc1. The van der Waals surface area contributed by atoms with E-state index in [1.807, 2.05) is 11.9 Å². The Labute approximate surface area is 190 Å². The molecular weight excluding hydrogens is 437 g/mol. The second-order valence-electron chi connectivity index (χ2n) is 8.37. The van der Waals surface area contributed by atoms with Crippen LogP contribution in [0.5, 0.6) is 0 Å². The number of anilines is 1. The smallest absolute Gasteiger partial charge is 0.416 e. The van der Waals surface area contributed by atoms with Crippen LogP contribution in [0.25, 0.3) is 0 Å². The van der Waals surface area contributed by atoms with Gasteiger partial charge in [0.2, 0.25) is 5.91 Å². The van der Waals surface area contributed by atoms with Crippen molar-refractivity contribution in [2.75, 3.05) is 38.7 Å². The molecule has 2 aromatic carbocycles. The van der Waals surface area contributed by atoms with E-state index in [4.69, 9.17) is 0 Å². The standard InChI is InChI=1S/C24H27F3N2O4/c1-28(20-9-5-18(6-10-20)22(31)33-2)16-23(32)11-13-29(14-12-23)21(30)15-17-3-7-19(8-4-17)24(25,26)27/h3-10,32H,11-16H2,1-2H3. The Bertz CT molecular complexity index is 967. The van der Waals surface area contributed by atoms with Crippen molar-refractivity contribution in [1.82, 2.24) is 4.90 Å². The summed E-state index contributed by atoms with van der Waals surface area (Å²) in [5.74, 6) is -0.597. The highest BCUT2D eigenvalue weighted by molar-refractivity contribution is 5.89. The molecule has 1 fully saturated rings. The maximum absolute atomic E-state index is 12.7. The molecule has 1 amide bonds. The number of ether oxygens (including phenoxy) is 1. The topological polar surface area (TPSA) is 70.1 Å². The van der Waals surface area contributed by atoms with E-state index in [0.717, 1.165) is 17.8 Å². The van der Waals surface area contributed by atoms with Crippen LogP contribution in [0.2, 0.25) is 0 Å². The Hall–Kier alpha value is -3.07. The highest BCUT2D eigenvalue weighted by atomic mass is 19.4. The molecule has 1 aliphatic heterocycles. The molecule has 1 heterocycles. The zero-order valence-corrected chi connectivity index (χ0v) is 18.6. The molecule has 6 nitrogen and oxygen atoms in total. The van der Waals surface area contributed by atoms with Gasteiger partial charge in [-0.1, -0.05) is 12.1 Å². The minimum absolute atomic E-state index is 0.0169. The van der Waals surface area contributed by atoms with Crippen molar-refractivity contribution in [3.63, 3.8) is 0 Å². The highest BCUT2D eigenvalue weighted by Gasteiger charge is 2.35. The van der Waals surface area contributed by atoms with Gasteiger partial charge in [0.1, 0.15) is 0 Å². The number of hydrogen-bond donors (Lipinski definition) is 1. The van der Waals surface area contributed by atoms with E-state index in [2.05, 4.69) is 4.74 Å². The number of rotatable bonds is 6. The number of likely N-dealkylation sites (N-methyl/N-ethyl adjacent to an activating group) is 1. The summed E-state index contributed by atoms with van der Waals surface area (Å²) >= 11 is 0. The summed E-state index contributed by atoms with van der Waals surface area (Å²) in [5.41, 5.74) is 0.0563. The van der Waals surface area contributed by atoms with E-state index in [9.17, 15) is 27.9 Å². The van der Waals surface area contributed by atoms with E-state index < -0.39 is 23.3 Å². The number of aliphatic hydroxyl groups is 1. The van der Waals surface area contributed by atoms with Crippen LogP contribution >= 0.6 is 0 Å². The number of methoxy groups -OCH3 is 1. The van der Waals surface area contributed by atoms with Gasteiger partial charge in [-0.3, -0.25) is 4.79 Å². The summed E-state index contributed by atoms with van der Waals surface area (Å²) < 4.78 is 42.8. The predicted molar refractivity (Wildman–Crippen MR) is 117 cm³/mol. The molecule has 0 bridgehead atoms. The summed E-state index contributed by atoms with van der Waals surface area (Å²) in [4.78, 5) is 27.7. The quantitative estimate of drug-likeness (QED) is 0.663. The van der Waals surface area contributed by atoms with Crippen LogP contribution in [0.15, 0.2) is 48.5 Å². The second-order valence-corrected chi connectivity index (χ2v) is 8.37. The monoisotopic (exact) mass is 464 g/mol. The summed E-state index contributed by atoms with van der Waals surface area (Å²) in [6, 6.07) is 11.5. The normalized spacial score (nSPS) is 15.8. The Morgan fingerprint density at radius 1 is 1.06 bits per heavy atom. The first-order valence-corrected chi connectivity index (χ1v) is 10.6. The number of piperidine rings is 1. The molecule has 0 aromatic heterocycles. The number of carbonyl (C=O) groups is 2. The van der Waals surface area contributed by atoms with Crippen molar-refractivity contribution in [1.29, 1.82) is 0 Å². The largest absolute Gasteiger partial charge is 0.465 e. The van der Waals surface area contributed by atoms with Crippen LogP contribution in [-0.4, -0.2) is 61.3 Å². The molecule has 0 spiro atoms. The molecule has 33 heavy (non-hydrogen) atoms. The lowest BCUT2D eigenvalue weighted by Gasteiger charge is -2.40. The molecule has 178 valence electrons. The minimum atomic E-state index is -4.41. The van der Waals surface area contributed by atoms with E-state index in [1.54, 1.807) is 29.2 Å². The Balaban J connectivity index is 1.52. The van der Waals surface area contributed by atoms with Crippen molar-refractivity contribution in [2.24, 2.45) is 0 Å². The summed E-state index contributed by atoms with van der Waals surface area (Å²) in [7, 11) is 3.16. The van der Waals surface area contributed by atoms with Gasteiger partial charge in [0.15, 0.2) is 0 Å². The lowest BCUT2D eigenvalue weighted by molar-refractivity contribution is -0.137. The minimum Gasteiger partial charge on any atom is -0.465 e. The van der Waals surface area contributed by atoms with E-state index in [1.165, 1.54) is 19.2 Å². The van der Waals surface area contributed by atoms with Crippen LogP contribution in [0, 0.1) is 0 Å². The van der Waals surface area contributed by atoms with Crippen LogP contribution in [0.4, 0.5) is 18.9 Å². The van der Waals surface area contributed by atoms with Crippen molar-refractivity contribution in [3.8, 4) is 0 Å². The van der Waals surface area contributed by atoms with Crippen molar-refractivity contribution < 1.29 is 32.6 Å². The molecule has 1 N–H and O–H groups in total.